The number of pyridine rings is 1. The summed E-state index contributed by atoms with van der Waals surface area (Å²) in [7, 11) is 0. The van der Waals surface area contributed by atoms with Gasteiger partial charge in [-0.15, -0.1) is 11.3 Å². The van der Waals surface area contributed by atoms with Crippen molar-refractivity contribution in [1.82, 2.24) is 14.4 Å². The van der Waals surface area contributed by atoms with E-state index in [9.17, 15) is 0 Å². The zero-order valence-electron chi connectivity index (χ0n) is 10.2. The van der Waals surface area contributed by atoms with Crippen molar-refractivity contribution in [2.75, 3.05) is 0 Å². The molecule has 0 aliphatic rings. The van der Waals surface area contributed by atoms with Crippen LogP contribution in [0.1, 0.15) is 19.4 Å². The van der Waals surface area contributed by atoms with Gasteiger partial charge in [0.25, 0.3) is 0 Å². The summed E-state index contributed by atoms with van der Waals surface area (Å²) in [5.74, 6) is 0. The summed E-state index contributed by atoms with van der Waals surface area (Å²) in [5.41, 5.74) is 3.03. The normalized spacial score (nSPS) is 10.1. The van der Waals surface area contributed by atoms with Gasteiger partial charge in [-0.25, -0.2) is 4.98 Å². The molecule has 0 spiro atoms. The predicted octanol–water partition coefficient (Wildman–Crippen LogP) is 3.79. The first-order valence-corrected chi connectivity index (χ1v) is 6.56. The van der Waals surface area contributed by atoms with Gasteiger partial charge in [-0.2, -0.15) is 0 Å². The van der Waals surface area contributed by atoms with Gasteiger partial charge in [0.15, 0.2) is 4.96 Å². The molecule has 0 fully saturated rings. The molecule has 3 aromatic heterocycles. The summed E-state index contributed by atoms with van der Waals surface area (Å²) < 4.78 is 2.02. The second kappa shape index (κ2) is 5.10. The van der Waals surface area contributed by atoms with Crippen LogP contribution in [-0.4, -0.2) is 14.4 Å². The topological polar surface area (TPSA) is 30.2 Å². The molecule has 3 heterocycles. The number of aromatic nitrogens is 3. The van der Waals surface area contributed by atoms with Crippen LogP contribution >= 0.6 is 11.3 Å². The minimum absolute atomic E-state index is 0.927. The van der Waals surface area contributed by atoms with Gasteiger partial charge in [-0.3, -0.25) is 9.38 Å². The smallest absolute Gasteiger partial charge is 0.194 e. The number of imidazole rings is 1. The Balaban J connectivity index is 0.000000514. The molecule has 0 amide bonds. The Bertz CT molecular complexity index is 564. The number of fused-ring (bicyclic) bond motifs is 1. The highest BCUT2D eigenvalue weighted by Gasteiger charge is 2.05. The predicted molar refractivity (Wildman–Crippen MR) is 72.4 cm³/mol. The van der Waals surface area contributed by atoms with Gasteiger partial charge in [0.05, 0.1) is 5.69 Å². The molecule has 0 aromatic carbocycles. The van der Waals surface area contributed by atoms with Crippen molar-refractivity contribution >= 4 is 16.3 Å². The van der Waals surface area contributed by atoms with E-state index in [2.05, 4.69) is 16.0 Å². The summed E-state index contributed by atoms with van der Waals surface area (Å²) in [4.78, 5) is 9.85. The second-order valence-corrected chi connectivity index (χ2v) is 4.31. The van der Waals surface area contributed by atoms with E-state index in [0.29, 0.717) is 0 Å². The van der Waals surface area contributed by atoms with E-state index in [0.717, 1.165) is 16.3 Å². The molecule has 0 aliphatic carbocycles. The minimum Gasteiger partial charge on any atom is -0.297 e. The van der Waals surface area contributed by atoms with E-state index in [1.54, 1.807) is 11.3 Å². The first-order valence-electron chi connectivity index (χ1n) is 5.68. The molecule has 0 N–H and O–H groups in total. The van der Waals surface area contributed by atoms with Crippen molar-refractivity contribution in [3.05, 3.63) is 41.7 Å². The molecule has 0 atom stereocenters. The average molecular weight is 245 g/mol. The third kappa shape index (κ3) is 2.36. The quantitative estimate of drug-likeness (QED) is 0.653. The summed E-state index contributed by atoms with van der Waals surface area (Å²) in [6.07, 6.45) is 5.87. The number of aryl methyl sites for hydroxylation is 1. The van der Waals surface area contributed by atoms with Gasteiger partial charge in [-0.1, -0.05) is 19.9 Å². The fraction of sp³-hybridized carbons (Fsp3) is 0.231. The van der Waals surface area contributed by atoms with Gasteiger partial charge >= 0.3 is 0 Å². The van der Waals surface area contributed by atoms with Gasteiger partial charge in [0.2, 0.25) is 0 Å². The number of hydrogen-bond acceptors (Lipinski definition) is 3. The molecule has 3 rings (SSSR count). The van der Waals surface area contributed by atoms with Crippen LogP contribution in [0.2, 0.25) is 0 Å². The van der Waals surface area contributed by atoms with E-state index < -0.39 is 0 Å². The molecule has 0 saturated heterocycles. The van der Waals surface area contributed by atoms with Crippen LogP contribution in [0.25, 0.3) is 16.3 Å². The van der Waals surface area contributed by atoms with E-state index in [4.69, 9.17) is 0 Å². The van der Waals surface area contributed by atoms with Gasteiger partial charge in [0.1, 0.15) is 5.69 Å². The Morgan fingerprint density at radius 3 is 2.65 bits per heavy atom. The first kappa shape index (κ1) is 11.8. The van der Waals surface area contributed by atoms with Crippen molar-refractivity contribution in [2.24, 2.45) is 0 Å². The lowest BCUT2D eigenvalue weighted by Gasteiger charge is -1.95. The standard InChI is InChI=1S/C11H9N3S.C2H6/c1-8-2-3-9(12-6-8)10-7-14-4-5-15-11(14)13-10;1-2/h2-7H,1H3;1-2H3. The summed E-state index contributed by atoms with van der Waals surface area (Å²) in [5, 5.41) is 2.02. The van der Waals surface area contributed by atoms with Crippen molar-refractivity contribution in [3.8, 4) is 11.4 Å². The lowest BCUT2D eigenvalue weighted by Crippen LogP contribution is -1.83. The summed E-state index contributed by atoms with van der Waals surface area (Å²) >= 11 is 1.63. The number of rotatable bonds is 1. The van der Waals surface area contributed by atoms with Crippen LogP contribution in [0.3, 0.4) is 0 Å². The largest absolute Gasteiger partial charge is 0.297 e. The molecule has 0 saturated carbocycles. The molecule has 4 heteroatoms. The third-order valence-corrected chi connectivity index (χ3v) is 3.04. The Kier molecular flexibility index (Phi) is 3.54. The highest BCUT2D eigenvalue weighted by Crippen LogP contribution is 2.19. The molecule has 3 nitrogen and oxygen atoms in total. The third-order valence-electron chi connectivity index (χ3n) is 2.27. The molecule has 0 aliphatic heterocycles. The summed E-state index contributed by atoms with van der Waals surface area (Å²) in [6, 6.07) is 4.05. The fourth-order valence-corrected chi connectivity index (χ4v) is 2.17. The van der Waals surface area contributed by atoms with Crippen molar-refractivity contribution in [3.63, 3.8) is 0 Å². The SMILES string of the molecule is CC.Cc1ccc(-c2cn3ccsc3n2)nc1. The van der Waals surface area contributed by atoms with Gasteiger partial charge in [-0.05, 0) is 18.6 Å². The van der Waals surface area contributed by atoms with Crippen molar-refractivity contribution in [2.45, 2.75) is 20.8 Å². The summed E-state index contributed by atoms with van der Waals surface area (Å²) in [6.45, 7) is 6.03. The first-order chi connectivity index (χ1) is 8.33. The van der Waals surface area contributed by atoms with Crippen LogP contribution in [0.15, 0.2) is 36.1 Å². The van der Waals surface area contributed by atoms with E-state index in [1.807, 2.05) is 55.2 Å². The van der Waals surface area contributed by atoms with Crippen molar-refractivity contribution < 1.29 is 0 Å². The van der Waals surface area contributed by atoms with Crippen LogP contribution in [-0.2, 0) is 0 Å². The second-order valence-electron chi connectivity index (χ2n) is 3.44. The molecule has 88 valence electrons. The zero-order chi connectivity index (χ0) is 12.3. The van der Waals surface area contributed by atoms with E-state index in [1.165, 1.54) is 5.56 Å². The minimum atomic E-state index is 0.927. The highest BCUT2D eigenvalue weighted by molar-refractivity contribution is 7.15. The maximum absolute atomic E-state index is 4.49. The van der Waals surface area contributed by atoms with E-state index in [-0.39, 0.29) is 0 Å². The maximum atomic E-state index is 4.49. The van der Waals surface area contributed by atoms with Crippen LogP contribution in [0.4, 0.5) is 0 Å². The Labute approximate surface area is 105 Å². The molecule has 3 aromatic rings. The van der Waals surface area contributed by atoms with Crippen LogP contribution in [0, 0.1) is 6.92 Å². The Morgan fingerprint density at radius 1 is 1.18 bits per heavy atom. The monoisotopic (exact) mass is 245 g/mol. The molecular weight excluding hydrogens is 230 g/mol. The van der Waals surface area contributed by atoms with Crippen LogP contribution in [0.5, 0.6) is 0 Å². The molecule has 0 bridgehead atoms. The molecular formula is C13H15N3S. The Hall–Kier alpha value is -1.68. The van der Waals surface area contributed by atoms with Crippen molar-refractivity contribution in [1.29, 1.82) is 0 Å². The maximum Gasteiger partial charge on any atom is 0.194 e. The molecule has 0 radical (unpaired) electrons. The highest BCUT2D eigenvalue weighted by atomic mass is 32.1. The number of nitrogens with zero attached hydrogens (tertiary/aromatic N) is 3. The van der Waals surface area contributed by atoms with Gasteiger partial charge in [0, 0.05) is 24.0 Å². The Morgan fingerprint density at radius 2 is 2.00 bits per heavy atom. The van der Waals surface area contributed by atoms with E-state index >= 15 is 0 Å². The lowest BCUT2D eigenvalue weighted by atomic mass is 10.2. The fourth-order valence-electron chi connectivity index (χ4n) is 1.47. The zero-order valence-corrected chi connectivity index (χ0v) is 11.0. The number of hydrogen-bond donors (Lipinski definition) is 0. The molecule has 0 unspecified atom stereocenters. The average Bonchev–Trinajstić information content (AvgIpc) is 2.93. The molecule has 17 heavy (non-hydrogen) atoms. The lowest BCUT2D eigenvalue weighted by molar-refractivity contribution is 1.23. The number of thiazole rings is 1. The van der Waals surface area contributed by atoms with Gasteiger partial charge < -0.3 is 0 Å². The van der Waals surface area contributed by atoms with Crippen LogP contribution < -0.4 is 0 Å².